The third-order valence-electron chi connectivity index (χ3n) is 6.50. The number of amides is 1. The number of aromatic nitrogens is 1. The van der Waals surface area contributed by atoms with Gasteiger partial charge in [-0.3, -0.25) is 9.69 Å². The van der Waals surface area contributed by atoms with Crippen molar-refractivity contribution in [3.05, 3.63) is 59.3 Å². The van der Waals surface area contributed by atoms with Crippen molar-refractivity contribution >= 4 is 11.7 Å². The van der Waals surface area contributed by atoms with Crippen LogP contribution in [0.25, 0.3) is 0 Å². The summed E-state index contributed by atoms with van der Waals surface area (Å²) in [5, 5.41) is 3.36. The first-order valence-corrected chi connectivity index (χ1v) is 10.6. The molecule has 2 fully saturated rings. The number of aryl methyl sites for hydroxylation is 1. The van der Waals surface area contributed by atoms with E-state index < -0.39 is 0 Å². The lowest BCUT2D eigenvalue weighted by Gasteiger charge is -2.29. The highest BCUT2D eigenvalue weighted by Crippen LogP contribution is 2.31. The number of morpholine rings is 1. The van der Waals surface area contributed by atoms with Crippen molar-refractivity contribution in [3.63, 3.8) is 0 Å². The second-order valence-corrected chi connectivity index (χ2v) is 8.48. The monoisotopic (exact) mass is 392 g/mol. The molecule has 0 radical (unpaired) electrons. The molecule has 3 aliphatic heterocycles. The van der Waals surface area contributed by atoms with Crippen LogP contribution in [0, 0.1) is 0 Å². The normalized spacial score (nSPS) is 25.0. The molecule has 4 heterocycles. The van der Waals surface area contributed by atoms with E-state index >= 15 is 0 Å². The first kappa shape index (κ1) is 18.6. The SMILES string of the molecule is O=C1N[C@]2(CCc3ccccc31)CCN(Cc1ccc(N3CCOCC3)nc1)C2. The van der Waals surface area contributed by atoms with Crippen LogP contribution in [0.2, 0.25) is 0 Å². The van der Waals surface area contributed by atoms with Gasteiger partial charge in [0.15, 0.2) is 0 Å². The van der Waals surface area contributed by atoms with Crippen LogP contribution in [0.1, 0.15) is 34.3 Å². The van der Waals surface area contributed by atoms with E-state index in [1.54, 1.807) is 0 Å². The second-order valence-electron chi connectivity index (χ2n) is 8.48. The summed E-state index contributed by atoms with van der Waals surface area (Å²) < 4.78 is 5.42. The third-order valence-corrected chi connectivity index (χ3v) is 6.50. The Labute approximate surface area is 171 Å². The molecule has 3 aliphatic rings. The van der Waals surface area contributed by atoms with Gasteiger partial charge in [0.2, 0.25) is 0 Å². The van der Waals surface area contributed by atoms with E-state index in [4.69, 9.17) is 4.74 Å². The van der Waals surface area contributed by atoms with Gasteiger partial charge in [-0.25, -0.2) is 4.98 Å². The molecule has 0 saturated carbocycles. The second kappa shape index (κ2) is 7.76. The standard InChI is InChI=1S/C23H28N4O2/c28-22-20-4-2-1-3-19(20)7-8-23(25-22)9-10-26(17-23)16-18-5-6-21(24-15-18)27-11-13-29-14-12-27/h1-6,15H,7-14,16-17H2,(H,25,28)/t23-/m1/s1. The van der Waals surface area contributed by atoms with Crippen molar-refractivity contribution in [3.8, 4) is 0 Å². The lowest BCUT2D eigenvalue weighted by atomic mass is 9.91. The molecule has 152 valence electrons. The Morgan fingerprint density at radius 1 is 1.07 bits per heavy atom. The van der Waals surface area contributed by atoms with Crippen LogP contribution in [0.3, 0.4) is 0 Å². The highest BCUT2D eigenvalue weighted by atomic mass is 16.5. The fourth-order valence-corrected chi connectivity index (χ4v) is 4.85. The number of nitrogens with one attached hydrogen (secondary N) is 1. The number of hydrogen-bond donors (Lipinski definition) is 1. The van der Waals surface area contributed by atoms with Crippen molar-refractivity contribution in [2.24, 2.45) is 0 Å². The lowest BCUT2D eigenvalue weighted by Crippen LogP contribution is -2.49. The quantitative estimate of drug-likeness (QED) is 0.868. The number of rotatable bonds is 3. The Morgan fingerprint density at radius 3 is 2.76 bits per heavy atom. The molecular formula is C23H28N4O2. The predicted octanol–water partition coefficient (Wildman–Crippen LogP) is 2.24. The van der Waals surface area contributed by atoms with Crippen LogP contribution < -0.4 is 10.2 Å². The van der Waals surface area contributed by atoms with E-state index in [9.17, 15) is 4.79 Å². The summed E-state index contributed by atoms with van der Waals surface area (Å²) in [4.78, 5) is 22.2. The molecule has 6 nitrogen and oxygen atoms in total. The van der Waals surface area contributed by atoms with E-state index in [0.717, 1.165) is 76.6 Å². The Balaban J connectivity index is 1.23. The molecule has 1 atom stereocenters. The minimum atomic E-state index is -0.114. The van der Waals surface area contributed by atoms with Gasteiger partial charge in [0.25, 0.3) is 5.91 Å². The fourth-order valence-electron chi connectivity index (χ4n) is 4.85. The zero-order chi connectivity index (χ0) is 19.7. The van der Waals surface area contributed by atoms with Crippen LogP contribution >= 0.6 is 0 Å². The highest BCUT2D eigenvalue weighted by Gasteiger charge is 2.41. The number of hydrogen-bond acceptors (Lipinski definition) is 5. The molecule has 0 unspecified atom stereocenters. The summed E-state index contributed by atoms with van der Waals surface area (Å²) in [5.41, 5.74) is 3.12. The number of benzene rings is 1. The molecule has 1 aromatic heterocycles. The maximum atomic E-state index is 12.8. The van der Waals surface area contributed by atoms with Crippen molar-refractivity contribution in [2.45, 2.75) is 31.3 Å². The maximum absolute atomic E-state index is 12.8. The van der Waals surface area contributed by atoms with E-state index in [1.807, 2.05) is 24.4 Å². The summed E-state index contributed by atoms with van der Waals surface area (Å²) in [5.74, 6) is 1.11. The molecule has 29 heavy (non-hydrogen) atoms. The van der Waals surface area contributed by atoms with Crippen LogP contribution in [0.5, 0.6) is 0 Å². The zero-order valence-corrected chi connectivity index (χ0v) is 16.8. The van der Waals surface area contributed by atoms with Crippen molar-refractivity contribution < 1.29 is 9.53 Å². The van der Waals surface area contributed by atoms with E-state index in [2.05, 4.69) is 38.3 Å². The number of pyridine rings is 1. The average molecular weight is 393 g/mol. The number of fused-ring (bicyclic) bond motifs is 1. The van der Waals surface area contributed by atoms with Gasteiger partial charge in [0.05, 0.1) is 18.8 Å². The van der Waals surface area contributed by atoms with Crippen LogP contribution in [-0.2, 0) is 17.7 Å². The molecule has 1 amide bonds. The minimum Gasteiger partial charge on any atom is -0.378 e. The molecule has 0 bridgehead atoms. The summed E-state index contributed by atoms with van der Waals surface area (Å²) in [6.07, 6.45) is 4.96. The number of carbonyl (C=O) groups is 1. The average Bonchev–Trinajstić information content (AvgIpc) is 3.09. The maximum Gasteiger partial charge on any atom is 0.252 e. The summed E-state index contributed by atoms with van der Waals surface area (Å²) >= 11 is 0. The molecule has 0 aliphatic carbocycles. The molecule has 2 saturated heterocycles. The Kier molecular flexibility index (Phi) is 4.97. The molecular weight excluding hydrogens is 364 g/mol. The molecule has 1 spiro atoms. The Bertz CT molecular complexity index is 879. The van der Waals surface area contributed by atoms with Gasteiger partial charge in [0.1, 0.15) is 5.82 Å². The first-order chi connectivity index (χ1) is 14.2. The van der Waals surface area contributed by atoms with Gasteiger partial charge in [0, 0.05) is 44.5 Å². The number of anilines is 1. The van der Waals surface area contributed by atoms with E-state index in [1.165, 1.54) is 11.1 Å². The van der Waals surface area contributed by atoms with Crippen LogP contribution in [0.15, 0.2) is 42.6 Å². The predicted molar refractivity (Wildman–Crippen MR) is 112 cm³/mol. The van der Waals surface area contributed by atoms with Gasteiger partial charge in [-0.05, 0) is 42.5 Å². The molecule has 5 rings (SSSR count). The third kappa shape index (κ3) is 3.87. The number of ether oxygens (including phenoxy) is 1. The minimum absolute atomic E-state index is 0.0801. The number of likely N-dealkylation sites (tertiary alicyclic amines) is 1. The van der Waals surface area contributed by atoms with Gasteiger partial charge in [-0.2, -0.15) is 0 Å². The van der Waals surface area contributed by atoms with Gasteiger partial charge < -0.3 is 15.0 Å². The summed E-state index contributed by atoms with van der Waals surface area (Å²) in [7, 11) is 0. The van der Waals surface area contributed by atoms with Gasteiger partial charge >= 0.3 is 0 Å². The Morgan fingerprint density at radius 2 is 1.93 bits per heavy atom. The van der Waals surface area contributed by atoms with Gasteiger partial charge in [-0.15, -0.1) is 0 Å². The van der Waals surface area contributed by atoms with E-state index in [0.29, 0.717) is 0 Å². The smallest absolute Gasteiger partial charge is 0.252 e. The molecule has 2 aromatic rings. The van der Waals surface area contributed by atoms with Gasteiger partial charge in [-0.1, -0.05) is 24.3 Å². The van der Waals surface area contributed by atoms with E-state index in [-0.39, 0.29) is 11.4 Å². The van der Waals surface area contributed by atoms with Crippen molar-refractivity contribution in [1.82, 2.24) is 15.2 Å². The highest BCUT2D eigenvalue weighted by molar-refractivity contribution is 5.96. The van der Waals surface area contributed by atoms with Crippen molar-refractivity contribution in [1.29, 1.82) is 0 Å². The Hall–Kier alpha value is -2.44. The lowest BCUT2D eigenvalue weighted by molar-refractivity contribution is 0.0902. The fraction of sp³-hybridized carbons (Fsp3) is 0.478. The number of carbonyl (C=O) groups excluding carboxylic acids is 1. The number of nitrogens with zero attached hydrogens (tertiary/aromatic N) is 3. The van der Waals surface area contributed by atoms with Crippen LogP contribution in [-0.4, -0.2) is 60.7 Å². The molecule has 1 aromatic carbocycles. The topological polar surface area (TPSA) is 57.7 Å². The van der Waals surface area contributed by atoms with Crippen molar-refractivity contribution in [2.75, 3.05) is 44.3 Å². The van der Waals surface area contributed by atoms with Crippen LogP contribution in [0.4, 0.5) is 5.82 Å². The zero-order valence-electron chi connectivity index (χ0n) is 16.8. The largest absolute Gasteiger partial charge is 0.378 e. The first-order valence-electron chi connectivity index (χ1n) is 10.6. The summed E-state index contributed by atoms with van der Waals surface area (Å²) in [6, 6.07) is 12.3. The summed E-state index contributed by atoms with van der Waals surface area (Å²) in [6.45, 7) is 6.14. The molecule has 1 N–H and O–H groups in total. The molecule has 6 heteroatoms.